The molecule has 0 aliphatic heterocycles. The molecule has 0 aliphatic rings. The van der Waals surface area contributed by atoms with Crippen molar-refractivity contribution in [3.05, 3.63) is 17.5 Å². The van der Waals surface area contributed by atoms with Crippen LogP contribution in [0.1, 0.15) is 47.5 Å². The maximum atomic E-state index is 12.5. The summed E-state index contributed by atoms with van der Waals surface area (Å²) < 4.78 is 27.4. The molecule has 2 N–H and O–H groups in total. The molecule has 0 saturated heterocycles. The summed E-state index contributed by atoms with van der Waals surface area (Å²) in [5.74, 6) is 0.172. The van der Waals surface area contributed by atoms with E-state index in [-0.39, 0.29) is 22.1 Å². The van der Waals surface area contributed by atoms with Gasteiger partial charge >= 0.3 is 0 Å². The summed E-state index contributed by atoms with van der Waals surface area (Å²) in [6.07, 6.45) is 1.90. The molecule has 2 unspecified atom stereocenters. The van der Waals surface area contributed by atoms with E-state index in [1.165, 1.54) is 6.07 Å². The topological polar surface area (TPSA) is 75.3 Å². The monoisotopic (exact) mass is 360 g/mol. The van der Waals surface area contributed by atoms with Gasteiger partial charge in [-0.25, -0.2) is 8.42 Å². The summed E-state index contributed by atoms with van der Waals surface area (Å²) in [4.78, 5) is 12.5. The van der Waals surface area contributed by atoms with Gasteiger partial charge in [-0.05, 0) is 43.0 Å². The molecule has 1 rings (SSSR count). The molecule has 0 aromatic carbocycles. The number of hydrogen-bond acceptors (Lipinski definition) is 4. The predicted molar refractivity (Wildman–Crippen MR) is 94.9 cm³/mol. The van der Waals surface area contributed by atoms with Gasteiger partial charge in [0, 0.05) is 6.04 Å². The van der Waals surface area contributed by atoms with Gasteiger partial charge in [0.05, 0.1) is 0 Å². The Labute approximate surface area is 143 Å². The summed E-state index contributed by atoms with van der Waals surface area (Å²) in [6, 6.07) is 2.46. The van der Waals surface area contributed by atoms with E-state index < -0.39 is 16.1 Å². The Bertz CT molecular complexity index is 580. The van der Waals surface area contributed by atoms with Crippen LogP contribution >= 0.6 is 11.3 Å². The molecular formula is C16H28N2O3S2. The lowest BCUT2D eigenvalue weighted by Gasteiger charge is -2.24. The minimum absolute atomic E-state index is 0.0254. The van der Waals surface area contributed by atoms with E-state index in [0.29, 0.717) is 5.92 Å². The smallest absolute Gasteiger partial charge is 0.250 e. The van der Waals surface area contributed by atoms with Crippen molar-refractivity contribution in [2.45, 2.75) is 63.8 Å². The van der Waals surface area contributed by atoms with Gasteiger partial charge in [0.25, 0.3) is 10.0 Å². The fraction of sp³-hybridized carbons (Fsp3) is 0.688. The van der Waals surface area contributed by atoms with Crippen LogP contribution in [0.5, 0.6) is 0 Å². The van der Waals surface area contributed by atoms with Crippen molar-refractivity contribution in [2.75, 3.05) is 0 Å². The molecule has 0 fully saturated rings. The van der Waals surface area contributed by atoms with Crippen LogP contribution in [0, 0.1) is 11.8 Å². The van der Waals surface area contributed by atoms with Crippen LogP contribution < -0.4 is 10.0 Å². The van der Waals surface area contributed by atoms with Gasteiger partial charge < -0.3 is 5.32 Å². The number of nitrogens with one attached hydrogen (secondary N) is 2. The van der Waals surface area contributed by atoms with Gasteiger partial charge in [-0.2, -0.15) is 4.72 Å². The first-order valence-electron chi connectivity index (χ1n) is 7.99. The largest absolute Gasteiger partial charge is 0.352 e. The van der Waals surface area contributed by atoms with Crippen molar-refractivity contribution in [1.82, 2.24) is 10.0 Å². The zero-order valence-electron chi connectivity index (χ0n) is 14.5. The van der Waals surface area contributed by atoms with Gasteiger partial charge in [-0.1, -0.05) is 33.8 Å². The quantitative estimate of drug-likeness (QED) is 0.711. The maximum absolute atomic E-state index is 12.5. The van der Waals surface area contributed by atoms with E-state index in [4.69, 9.17) is 0 Å². The third-order valence-electron chi connectivity index (χ3n) is 3.56. The van der Waals surface area contributed by atoms with Crippen LogP contribution in [-0.4, -0.2) is 26.4 Å². The fourth-order valence-corrected chi connectivity index (χ4v) is 4.48. The first-order valence-corrected chi connectivity index (χ1v) is 10.4. The Hall–Kier alpha value is -0.920. The summed E-state index contributed by atoms with van der Waals surface area (Å²) >= 11 is 1.14. The van der Waals surface area contributed by atoms with Crippen molar-refractivity contribution in [2.24, 2.45) is 11.8 Å². The van der Waals surface area contributed by atoms with Crippen LogP contribution in [0.15, 0.2) is 21.7 Å². The molecule has 2 atom stereocenters. The number of carbonyl (C=O) groups excluding carboxylic acids is 1. The molecule has 23 heavy (non-hydrogen) atoms. The molecule has 0 radical (unpaired) electrons. The van der Waals surface area contributed by atoms with Crippen LogP contribution in [0.2, 0.25) is 0 Å². The molecule has 5 nitrogen and oxygen atoms in total. The van der Waals surface area contributed by atoms with E-state index in [0.717, 1.165) is 24.2 Å². The van der Waals surface area contributed by atoms with Gasteiger partial charge in [0.1, 0.15) is 10.3 Å². The number of thiophene rings is 1. The van der Waals surface area contributed by atoms with Crippen molar-refractivity contribution < 1.29 is 13.2 Å². The minimum atomic E-state index is -3.66. The highest BCUT2D eigenvalue weighted by Gasteiger charge is 2.29. The average Bonchev–Trinajstić information content (AvgIpc) is 2.97. The Kier molecular flexibility index (Phi) is 7.70. The van der Waals surface area contributed by atoms with Crippen LogP contribution in [-0.2, 0) is 14.8 Å². The molecule has 0 bridgehead atoms. The van der Waals surface area contributed by atoms with Crippen LogP contribution in [0.3, 0.4) is 0 Å². The third kappa shape index (κ3) is 6.61. The lowest BCUT2D eigenvalue weighted by Crippen LogP contribution is -2.51. The number of amides is 1. The molecular weight excluding hydrogens is 332 g/mol. The average molecular weight is 361 g/mol. The van der Waals surface area contributed by atoms with Crippen molar-refractivity contribution >= 4 is 27.3 Å². The molecule has 1 amide bonds. The zero-order valence-corrected chi connectivity index (χ0v) is 16.1. The first kappa shape index (κ1) is 20.1. The van der Waals surface area contributed by atoms with E-state index in [1.807, 2.05) is 20.8 Å². The van der Waals surface area contributed by atoms with Gasteiger partial charge in [0.15, 0.2) is 0 Å². The van der Waals surface area contributed by atoms with Crippen LogP contribution in [0.25, 0.3) is 0 Å². The molecule has 7 heteroatoms. The fourth-order valence-electron chi connectivity index (χ4n) is 2.12. The highest BCUT2D eigenvalue weighted by Crippen LogP contribution is 2.17. The molecule has 132 valence electrons. The van der Waals surface area contributed by atoms with E-state index in [2.05, 4.69) is 23.9 Å². The minimum Gasteiger partial charge on any atom is -0.352 e. The third-order valence-corrected chi connectivity index (χ3v) is 6.40. The van der Waals surface area contributed by atoms with E-state index in [1.54, 1.807) is 11.4 Å². The molecule has 1 aromatic heterocycles. The second-order valence-electron chi connectivity index (χ2n) is 6.66. The van der Waals surface area contributed by atoms with Crippen LogP contribution in [0.4, 0.5) is 0 Å². The normalized spacial score (nSPS) is 14.9. The maximum Gasteiger partial charge on any atom is 0.250 e. The molecule has 0 saturated carbocycles. The van der Waals surface area contributed by atoms with Gasteiger partial charge in [-0.15, -0.1) is 11.3 Å². The van der Waals surface area contributed by atoms with Crippen molar-refractivity contribution in [3.8, 4) is 0 Å². The van der Waals surface area contributed by atoms with Crippen molar-refractivity contribution in [3.63, 3.8) is 0 Å². The summed E-state index contributed by atoms with van der Waals surface area (Å²) in [5.41, 5.74) is 0. The predicted octanol–water partition coefficient (Wildman–Crippen LogP) is 2.99. The Balaban J connectivity index is 2.73. The Morgan fingerprint density at radius 3 is 2.30 bits per heavy atom. The zero-order chi connectivity index (χ0) is 17.6. The number of sulfonamides is 1. The summed E-state index contributed by atoms with van der Waals surface area (Å²) in [6.45, 7) is 9.90. The highest BCUT2D eigenvalue weighted by molar-refractivity contribution is 7.91. The second kappa shape index (κ2) is 8.80. The SMILES string of the molecule is CC(C)CCC(C)NC(=O)C(NS(=O)(=O)c1cccs1)C(C)C. The standard InChI is InChI=1S/C16H28N2O3S2/c1-11(2)8-9-13(5)17-16(19)15(12(3)4)18-23(20,21)14-7-6-10-22-14/h6-7,10-13,15,18H,8-9H2,1-5H3,(H,17,19). The lowest BCUT2D eigenvalue weighted by molar-refractivity contribution is -0.124. The molecule has 1 heterocycles. The summed E-state index contributed by atoms with van der Waals surface area (Å²) in [7, 11) is -3.66. The first-order chi connectivity index (χ1) is 10.6. The Morgan fingerprint density at radius 1 is 1.17 bits per heavy atom. The highest BCUT2D eigenvalue weighted by atomic mass is 32.2. The molecule has 0 spiro atoms. The number of hydrogen-bond donors (Lipinski definition) is 2. The van der Waals surface area contributed by atoms with E-state index >= 15 is 0 Å². The van der Waals surface area contributed by atoms with Crippen molar-refractivity contribution in [1.29, 1.82) is 0 Å². The summed E-state index contributed by atoms with van der Waals surface area (Å²) in [5, 5.41) is 4.62. The van der Waals surface area contributed by atoms with Gasteiger partial charge in [0.2, 0.25) is 5.91 Å². The lowest BCUT2D eigenvalue weighted by atomic mass is 10.0. The Morgan fingerprint density at radius 2 is 1.83 bits per heavy atom. The van der Waals surface area contributed by atoms with E-state index in [9.17, 15) is 13.2 Å². The van der Waals surface area contributed by atoms with Gasteiger partial charge in [-0.3, -0.25) is 4.79 Å². The second-order valence-corrected chi connectivity index (χ2v) is 9.54. The number of rotatable bonds is 9. The molecule has 1 aromatic rings. The number of carbonyl (C=O) groups is 1. The molecule has 0 aliphatic carbocycles.